The molecule has 6 rings (SSSR count). The predicted octanol–water partition coefficient (Wildman–Crippen LogP) is 3.13. The molecule has 1 unspecified atom stereocenters. The number of hydrogen-bond donors (Lipinski definition) is 0. The molecule has 4 bridgehead atoms. The summed E-state index contributed by atoms with van der Waals surface area (Å²) >= 11 is 0. The number of nitro benzene ring substituents is 1. The zero-order chi connectivity index (χ0) is 20.4. The van der Waals surface area contributed by atoms with E-state index >= 15 is 0 Å². The highest BCUT2D eigenvalue weighted by Gasteiger charge is 2.62. The van der Waals surface area contributed by atoms with Crippen LogP contribution in [-0.4, -0.2) is 43.7 Å². The SMILES string of the molecule is CN1OC(COS(=O)(=O)c2ccc([N+](=O)[O-])cc2)CC12C1CC3CC(C1)CC2C3. The third-order valence-electron chi connectivity index (χ3n) is 7.75. The van der Waals surface area contributed by atoms with Crippen LogP contribution in [0, 0.1) is 33.8 Å². The zero-order valence-electron chi connectivity index (χ0n) is 16.4. The van der Waals surface area contributed by atoms with E-state index < -0.39 is 15.0 Å². The molecule has 0 amide bonds. The van der Waals surface area contributed by atoms with E-state index in [-0.39, 0.29) is 28.8 Å². The van der Waals surface area contributed by atoms with E-state index in [1.165, 1.54) is 56.4 Å². The summed E-state index contributed by atoms with van der Waals surface area (Å²) in [6, 6.07) is 4.74. The van der Waals surface area contributed by atoms with Gasteiger partial charge in [0.1, 0.15) is 6.10 Å². The van der Waals surface area contributed by atoms with E-state index in [0.29, 0.717) is 11.8 Å². The summed E-state index contributed by atoms with van der Waals surface area (Å²) in [4.78, 5) is 16.2. The van der Waals surface area contributed by atoms with Gasteiger partial charge in [-0.2, -0.15) is 13.5 Å². The Balaban J connectivity index is 1.27. The van der Waals surface area contributed by atoms with Crippen molar-refractivity contribution in [1.29, 1.82) is 0 Å². The van der Waals surface area contributed by atoms with Crippen LogP contribution in [0.3, 0.4) is 0 Å². The molecule has 0 radical (unpaired) electrons. The van der Waals surface area contributed by atoms with Crippen LogP contribution >= 0.6 is 0 Å². The van der Waals surface area contributed by atoms with E-state index in [1.54, 1.807) is 0 Å². The van der Waals surface area contributed by atoms with Gasteiger partial charge in [-0.1, -0.05) is 0 Å². The second kappa shape index (κ2) is 6.73. The molecule has 1 atom stereocenters. The molecule has 1 aromatic carbocycles. The lowest BCUT2D eigenvalue weighted by atomic mass is 9.47. The van der Waals surface area contributed by atoms with Crippen LogP contribution in [0.2, 0.25) is 0 Å². The first-order valence-electron chi connectivity index (χ1n) is 10.3. The van der Waals surface area contributed by atoms with Crippen molar-refractivity contribution in [3.63, 3.8) is 0 Å². The molecule has 8 nitrogen and oxygen atoms in total. The lowest BCUT2D eigenvalue weighted by Crippen LogP contribution is -2.62. The second-order valence-corrected chi connectivity index (χ2v) is 10.8. The van der Waals surface area contributed by atoms with E-state index in [4.69, 9.17) is 9.02 Å². The van der Waals surface area contributed by atoms with Gasteiger partial charge in [-0.05, 0) is 74.3 Å². The quantitative estimate of drug-likeness (QED) is 0.408. The fraction of sp³-hybridized carbons (Fsp3) is 0.700. The van der Waals surface area contributed by atoms with E-state index in [1.807, 2.05) is 12.1 Å². The normalized spacial score (nSPS) is 38.7. The summed E-state index contributed by atoms with van der Waals surface area (Å²) in [5, 5.41) is 12.8. The highest BCUT2D eigenvalue weighted by molar-refractivity contribution is 7.86. The Bertz CT molecular complexity index is 887. The van der Waals surface area contributed by atoms with Crippen LogP contribution in [0.5, 0.6) is 0 Å². The van der Waals surface area contributed by atoms with Crippen LogP contribution in [0.1, 0.15) is 38.5 Å². The van der Waals surface area contributed by atoms with Crippen molar-refractivity contribution in [2.45, 2.75) is 55.1 Å². The van der Waals surface area contributed by atoms with Crippen molar-refractivity contribution < 1.29 is 22.4 Å². The molecule has 0 N–H and O–H groups in total. The second-order valence-electron chi connectivity index (χ2n) is 9.21. The summed E-state index contributed by atoms with van der Waals surface area (Å²) < 4.78 is 30.3. The number of benzene rings is 1. The molecule has 158 valence electrons. The van der Waals surface area contributed by atoms with Gasteiger partial charge in [0.25, 0.3) is 15.8 Å². The Labute approximate surface area is 170 Å². The minimum absolute atomic E-state index is 0.0125. The Hall–Kier alpha value is -1.55. The van der Waals surface area contributed by atoms with Gasteiger partial charge in [0.15, 0.2) is 0 Å². The molecule has 1 aliphatic heterocycles. The maximum Gasteiger partial charge on any atom is 0.297 e. The van der Waals surface area contributed by atoms with Gasteiger partial charge in [0.05, 0.1) is 22.0 Å². The van der Waals surface area contributed by atoms with Crippen molar-refractivity contribution in [3.8, 4) is 0 Å². The summed E-state index contributed by atoms with van der Waals surface area (Å²) in [5.74, 6) is 2.96. The van der Waals surface area contributed by atoms with E-state index in [2.05, 4.69) is 0 Å². The number of hydrogen-bond acceptors (Lipinski definition) is 7. The lowest BCUT2D eigenvalue weighted by Gasteiger charge is -2.61. The first-order chi connectivity index (χ1) is 13.8. The number of nitro groups is 1. The molecule has 4 aliphatic carbocycles. The largest absolute Gasteiger partial charge is 0.297 e. The van der Waals surface area contributed by atoms with Crippen LogP contribution in [0.25, 0.3) is 0 Å². The summed E-state index contributed by atoms with van der Waals surface area (Å²) in [6.07, 6.45) is 6.92. The Morgan fingerprint density at radius 3 is 2.28 bits per heavy atom. The summed E-state index contributed by atoms with van der Waals surface area (Å²) in [7, 11) is -2.00. The topological polar surface area (TPSA) is 99.0 Å². The average Bonchev–Trinajstić information content (AvgIpc) is 3.01. The maximum atomic E-state index is 12.5. The molecule has 5 aliphatic rings. The smallest absolute Gasteiger partial charge is 0.293 e. The van der Waals surface area contributed by atoms with Crippen LogP contribution in [0.15, 0.2) is 29.2 Å². The van der Waals surface area contributed by atoms with Crippen LogP contribution in [-0.2, 0) is 19.1 Å². The number of nitrogens with zero attached hydrogens (tertiary/aromatic N) is 2. The molecule has 29 heavy (non-hydrogen) atoms. The molecule has 9 heteroatoms. The highest BCUT2D eigenvalue weighted by atomic mass is 32.2. The average molecular weight is 423 g/mol. The van der Waals surface area contributed by atoms with Gasteiger partial charge in [0, 0.05) is 19.2 Å². The molecule has 1 heterocycles. The van der Waals surface area contributed by atoms with Gasteiger partial charge in [-0.15, -0.1) is 0 Å². The third kappa shape index (κ3) is 3.10. The molecule has 4 saturated carbocycles. The maximum absolute atomic E-state index is 12.5. The molecule has 1 saturated heterocycles. The molecular formula is C20H26N2O6S. The van der Waals surface area contributed by atoms with Gasteiger partial charge in [0.2, 0.25) is 0 Å². The van der Waals surface area contributed by atoms with Gasteiger partial charge < -0.3 is 0 Å². The number of hydroxylamine groups is 2. The molecule has 0 aromatic heterocycles. The Morgan fingerprint density at radius 1 is 1.14 bits per heavy atom. The van der Waals surface area contributed by atoms with Gasteiger partial charge >= 0.3 is 0 Å². The standard InChI is InChI=1S/C20H26N2O6S/c1-21-20(15-7-13-6-14(9-15)10-16(20)8-13)11-18(28-21)12-27-29(25,26)19-4-2-17(3-5-19)22(23)24/h2-5,13-16,18H,6-12H2,1H3. The van der Waals surface area contributed by atoms with Crippen LogP contribution < -0.4 is 0 Å². The fourth-order valence-electron chi connectivity index (χ4n) is 6.76. The van der Waals surface area contributed by atoms with E-state index in [0.717, 1.165) is 18.3 Å². The van der Waals surface area contributed by atoms with Gasteiger partial charge in [-0.3, -0.25) is 19.1 Å². The summed E-state index contributed by atoms with van der Waals surface area (Å²) in [6.45, 7) is -0.0439. The molecular weight excluding hydrogens is 396 g/mol. The number of rotatable bonds is 5. The molecule has 5 fully saturated rings. The predicted molar refractivity (Wildman–Crippen MR) is 103 cm³/mol. The minimum Gasteiger partial charge on any atom is -0.293 e. The monoisotopic (exact) mass is 422 g/mol. The zero-order valence-corrected chi connectivity index (χ0v) is 17.2. The Morgan fingerprint density at radius 2 is 1.72 bits per heavy atom. The van der Waals surface area contributed by atoms with E-state index in [9.17, 15) is 18.5 Å². The summed E-state index contributed by atoms with van der Waals surface area (Å²) in [5.41, 5.74) is -0.146. The number of non-ortho nitro benzene ring substituents is 1. The van der Waals surface area contributed by atoms with Crippen LogP contribution in [0.4, 0.5) is 5.69 Å². The van der Waals surface area contributed by atoms with Crippen molar-refractivity contribution in [3.05, 3.63) is 34.4 Å². The highest BCUT2D eigenvalue weighted by Crippen LogP contribution is 2.62. The lowest BCUT2D eigenvalue weighted by molar-refractivity contribution is -0.384. The first kappa shape index (κ1) is 19.4. The van der Waals surface area contributed by atoms with Crippen molar-refractivity contribution >= 4 is 15.8 Å². The van der Waals surface area contributed by atoms with Crippen molar-refractivity contribution in [2.75, 3.05) is 13.7 Å². The third-order valence-corrected chi connectivity index (χ3v) is 9.04. The minimum atomic E-state index is -3.99. The fourth-order valence-corrected chi connectivity index (χ4v) is 7.69. The van der Waals surface area contributed by atoms with Crippen molar-refractivity contribution in [1.82, 2.24) is 5.06 Å². The first-order valence-corrected chi connectivity index (χ1v) is 11.7. The van der Waals surface area contributed by atoms with Crippen molar-refractivity contribution in [2.24, 2.45) is 23.7 Å². The van der Waals surface area contributed by atoms with Gasteiger partial charge in [-0.25, -0.2) is 0 Å². The molecule has 1 spiro atoms. The molecule has 1 aromatic rings. The Kier molecular flexibility index (Phi) is 4.51.